The number of piperidine rings is 1. The molecule has 0 saturated carbocycles. The quantitative estimate of drug-likeness (QED) is 0.532. The predicted molar refractivity (Wildman–Crippen MR) is 119 cm³/mol. The van der Waals surface area contributed by atoms with Crippen molar-refractivity contribution >= 4 is 18.8 Å². The number of fused-ring (bicyclic) bond motifs is 1. The Morgan fingerprint density at radius 3 is 2.80 bits per heavy atom. The summed E-state index contributed by atoms with van der Waals surface area (Å²) in [7, 11) is 0. The van der Waals surface area contributed by atoms with Crippen LogP contribution in [0.2, 0.25) is 0 Å². The van der Waals surface area contributed by atoms with Gasteiger partial charge in [-0.25, -0.2) is 0 Å². The van der Waals surface area contributed by atoms with Crippen LogP contribution in [0.15, 0.2) is 35.0 Å². The molecule has 162 valence electrons. The number of amides is 1. The Balaban J connectivity index is 1.34. The van der Waals surface area contributed by atoms with E-state index in [-0.39, 0.29) is 5.91 Å². The van der Waals surface area contributed by atoms with Crippen LogP contribution in [0.1, 0.15) is 54.3 Å². The van der Waals surface area contributed by atoms with Crippen molar-refractivity contribution in [2.75, 3.05) is 26.2 Å². The Morgan fingerprint density at radius 1 is 1.27 bits per heavy atom. The number of thiol groups is 1. The van der Waals surface area contributed by atoms with Crippen LogP contribution >= 0.6 is 12.9 Å². The van der Waals surface area contributed by atoms with Gasteiger partial charge in [-0.05, 0) is 74.2 Å². The zero-order valence-corrected chi connectivity index (χ0v) is 18.5. The molecule has 0 N–H and O–H groups in total. The maximum atomic E-state index is 12.5. The summed E-state index contributed by atoms with van der Waals surface area (Å²) in [5.74, 6) is 1.75. The molecule has 1 atom stereocenters. The van der Waals surface area contributed by atoms with Gasteiger partial charge in [-0.1, -0.05) is 18.1 Å². The average Bonchev–Trinajstić information content (AvgIpc) is 3.33. The van der Waals surface area contributed by atoms with Crippen LogP contribution < -0.4 is 4.18 Å². The molecule has 7 heteroatoms. The average molecular weight is 430 g/mol. The molecule has 6 nitrogen and oxygen atoms in total. The van der Waals surface area contributed by atoms with E-state index in [1.54, 1.807) is 6.07 Å². The summed E-state index contributed by atoms with van der Waals surface area (Å²) in [6.07, 6.45) is 8.17. The molecule has 30 heavy (non-hydrogen) atoms. The molecule has 2 aromatic rings. The number of rotatable bonds is 7. The van der Waals surface area contributed by atoms with E-state index in [4.69, 9.17) is 8.71 Å². The van der Waals surface area contributed by atoms with Gasteiger partial charge in [0.25, 0.3) is 5.91 Å². The first-order valence-corrected chi connectivity index (χ1v) is 11.4. The van der Waals surface area contributed by atoms with Gasteiger partial charge in [0.2, 0.25) is 5.76 Å². The number of likely N-dealkylation sites (tertiary alicyclic amines) is 1. The molecule has 2 heterocycles. The van der Waals surface area contributed by atoms with Gasteiger partial charge in [0.15, 0.2) is 0 Å². The molecule has 1 aromatic carbocycles. The van der Waals surface area contributed by atoms with E-state index in [0.29, 0.717) is 17.7 Å². The third-order valence-corrected chi connectivity index (χ3v) is 6.77. The van der Waals surface area contributed by atoms with Crippen molar-refractivity contribution in [2.24, 2.45) is 5.92 Å². The van der Waals surface area contributed by atoms with Crippen LogP contribution in [0.5, 0.6) is 5.75 Å². The summed E-state index contributed by atoms with van der Waals surface area (Å²) in [6, 6.07) is 8.54. The Morgan fingerprint density at radius 2 is 2.10 bits per heavy atom. The number of hydrogen-bond acceptors (Lipinski definition) is 6. The second kappa shape index (κ2) is 9.88. The lowest BCUT2D eigenvalue weighted by Crippen LogP contribution is -2.46. The number of carbonyl (C=O) groups is 1. The van der Waals surface area contributed by atoms with E-state index in [0.717, 1.165) is 64.0 Å². The van der Waals surface area contributed by atoms with Gasteiger partial charge in [-0.2, -0.15) is 0 Å². The molecule has 1 aliphatic carbocycles. The third kappa shape index (κ3) is 4.83. The summed E-state index contributed by atoms with van der Waals surface area (Å²) in [5, 5.41) is 3.65. The molecule has 0 spiro atoms. The maximum Gasteiger partial charge on any atom is 0.292 e. The smallest absolute Gasteiger partial charge is 0.292 e. The van der Waals surface area contributed by atoms with E-state index in [1.807, 2.05) is 11.0 Å². The molecule has 2 aliphatic rings. The van der Waals surface area contributed by atoms with E-state index >= 15 is 0 Å². The lowest BCUT2D eigenvalue weighted by atomic mass is 9.86. The minimum Gasteiger partial charge on any atom is -0.429 e. The summed E-state index contributed by atoms with van der Waals surface area (Å²) < 4.78 is 10.2. The minimum atomic E-state index is -0.0394. The number of benzene rings is 1. The third-order valence-electron chi connectivity index (χ3n) is 6.56. The van der Waals surface area contributed by atoms with Crippen molar-refractivity contribution in [1.82, 2.24) is 15.0 Å². The predicted octanol–water partition coefficient (Wildman–Crippen LogP) is 4.02. The first-order chi connectivity index (χ1) is 14.7. The highest BCUT2D eigenvalue weighted by Crippen LogP contribution is 2.30. The summed E-state index contributed by atoms with van der Waals surface area (Å²) in [6.45, 7) is 6.08. The van der Waals surface area contributed by atoms with Crippen LogP contribution in [0.3, 0.4) is 0 Å². The zero-order valence-electron chi connectivity index (χ0n) is 17.6. The molecule has 1 aliphatic heterocycles. The fourth-order valence-electron chi connectivity index (χ4n) is 4.93. The van der Waals surface area contributed by atoms with E-state index < -0.39 is 0 Å². The molecule has 0 bridgehead atoms. The SMILES string of the molecule is CCCN(CC1CCN(C(=O)c2ccno2)CC1)C1CCc2ccc(OS)cc2C1. The first-order valence-electron chi connectivity index (χ1n) is 11.0. The van der Waals surface area contributed by atoms with Crippen molar-refractivity contribution in [1.29, 1.82) is 0 Å². The number of nitrogens with zero attached hydrogens (tertiary/aromatic N) is 3. The maximum absolute atomic E-state index is 12.5. The highest BCUT2D eigenvalue weighted by Gasteiger charge is 2.30. The molecule has 1 amide bonds. The topological polar surface area (TPSA) is 58.8 Å². The molecule has 1 unspecified atom stereocenters. The van der Waals surface area contributed by atoms with Crippen molar-refractivity contribution in [3.05, 3.63) is 47.3 Å². The van der Waals surface area contributed by atoms with Crippen LogP contribution in [0.25, 0.3) is 0 Å². The van der Waals surface area contributed by atoms with E-state index in [2.05, 4.69) is 42.0 Å². The van der Waals surface area contributed by atoms with Crippen molar-refractivity contribution in [3.8, 4) is 5.75 Å². The lowest BCUT2D eigenvalue weighted by Gasteiger charge is -2.39. The largest absolute Gasteiger partial charge is 0.429 e. The molecule has 1 aromatic heterocycles. The molecule has 1 saturated heterocycles. The van der Waals surface area contributed by atoms with Gasteiger partial charge in [-0.3, -0.25) is 9.69 Å². The summed E-state index contributed by atoms with van der Waals surface area (Å²) >= 11 is 3.96. The van der Waals surface area contributed by atoms with Crippen molar-refractivity contribution in [3.63, 3.8) is 0 Å². The second-order valence-corrected chi connectivity index (χ2v) is 8.71. The fourth-order valence-corrected chi connectivity index (χ4v) is 5.04. The van der Waals surface area contributed by atoms with Crippen LogP contribution in [0.4, 0.5) is 0 Å². The summed E-state index contributed by atoms with van der Waals surface area (Å²) in [4.78, 5) is 17.1. The van der Waals surface area contributed by atoms with Crippen LogP contribution in [-0.2, 0) is 12.8 Å². The molecule has 1 fully saturated rings. The van der Waals surface area contributed by atoms with E-state index in [1.165, 1.54) is 23.7 Å². The summed E-state index contributed by atoms with van der Waals surface area (Å²) in [5.41, 5.74) is 2.84. The standard InChI is InChI=1S/C23H31N3O3S/c1-2-11-26(20-5-3-18-4-6-21(29-30)15-19(18)14-20)16-17-8-12-25(13-9-17)23(27)22-7-10-24-28-22/h4,6-7,10,15,17,20,30H,2-3,5,8-9,11-14,16H2,1H3. The molecular formula is C23H31N3O3S. The lowest BCUT2D eigenvalue weighted by molar-refractivity contribution is 0.0603. The Hall–Kier alpha value is -1.99. The van der Waals surface area contributed by atoms with Crippen LogP contribution in [-0.4, -0.2) is 53.1 Å². The van der Waals surface area contributed by atoms with Crippen LogP contribution in [0, 0.1) is 5.92 Å². The second-order valence-electron chi connectivity index (χ2n) is 8.53. The fraction of sp³-hybridized carbons (Fsp3) is 0.565. The number of aryl methyl sites for hydroxylation is 1. The normalized spacial score (nSPS) is 19.7. The van der Waals surface area contributed by atoms with Crippen molar-refractivity contribution in [2.45, 2.75) is 51.5 Å². The Kier molecular flexibility index (Phi) is 7.00. The Bertz CT molecular complexity index is 834. The highest BCUT2D eigenvalue weighted by molar-refractivity contribution is 7.75. The van der Waals surface area contributed by atoms with Gasteiger partial charge < -0.3 is 13.6 Å². The van der Waals surface area contributed by atoms with Gasteiger partial charge in [0.1, 0.15) is 5.75 Å². The van der Waals surface area contributed by atoms with Gasteiger partial charge in [0, 0.05) is 44.7 Å². The number of aromatic nitrogens is 1. The number of carbonyl (C=O) groups excluding carboxylic acids is 1. The number of hydrogen-bond donors (Lipinski definition) is 1. The highest BCUT2D eigenvalue weighted by atomic mass is 32.1. The monoisotopic (exact) mass is 429 g/mol. The molecule has 4 rings (SSSR count). The molecular weight excluding hydrogens is 398 g/mol. The molecule has 0 radical (unpaired) electrons. The van der Waals surface area contributed by atoms with Gasteiger partial charge in [0.05, 0.1) is 6.20 Å². The van der Waals surface area contributed by atoms with Gasteiger partial charge >= 0.3 is 0 Å². The first kappa shape index (κ1) is 21.2. The van der Waals surface area contributed by atoms with Crippen molar-refractivity contribution < 1.29 is 13.5 Å². The zero-order chi connectivity index (χ0) is 20.9. The Labute approximate surface area is 184 Å². The minimum absolute atomic E-state index is 0.0394. The van der Waals surface area contributed by atoms with Gasteiger partial charge in [-0.15, -0.1) is 0 Å². The van der Waals surface area contributed by atoms with E-state index in [9.17, 15) is 4.79 Å².